The molecule has 4 nitrogen and oxygen atoms in total. The number of carbonyl (C=O) groups excluding carboxylic acids is 1. The number of ether oxygens (including phenoxy) is 1. The Labute approximate surface area is 127 Å². The molecule has 5 heteroatoms. The number of hydrogen-bond donors (Lipinski definition) is 1. The number of rotatable bonds is 10. The number of aliphatic hydroxyl groups is 1. The first-order chi connectivity index (χ1) is 9.12. The molecule has 1 N–H and O–H groups in total. The lowest BCUT2D eigenvalue weighted by Crippen LogP contribution is -2.46. The van der Waals surface area contributed by atoms with Gasteiger partial charge in [0, 0.05) is 17.2 Å². The normalized spacial score (nSPS) is 13.9. The van der Waals surface area contributed by atoms with Crippen molar-refractivity contribution in [2.75, 3.05) is 39.5 Å². The molecule has 0 heterocycles. The van der Waals surface area contributed by atoms with Crippen LogP contribution in [0.2, 0.25) is 0 Å². The van der Waals surface area contributed by atoms with Crippen LogP contribution in [-0.2, 0) is 9.53 Å². The van der Waals surface area contributed by atoms with Crippen molar-refractivity contribution in [1.29, 1.82) is 0 Å². The van der Waals surface area contributed by atoms with Crippen molar-refractivity contribution < 1.29 is 19.1 Å². The highest BCUT2D eigenvalue weighted by Gasteiger charge is 2.30. The lowest BCUT2D eigenvalue weighted by molar-refractivity contribution is -0.894. The zero-order chi connectivity index (χ0) is 15.8. The lowest BCUT2D eigenvalue weighted by Gasteiger charge is -2.37. The lowest BCUT2D eigenvalue weighted by atomic mass is 9.88. The molecule has 0 aliphatic carbocycles. The van der Waals surface area contributed by atoms with Gasteiger partial charge in [0.25, 0.3) is 0 Å². The molecule has 118 valence electrons. The second kappa shape index (κ2) is 8.70. The van der Waals surface area contributed by atoms with Crippen molar-refractivity contribution in [2.24, 2.45) is 5.41 Å². The van der Waals surface area contributed by atoms with E-state index in [0.717, 1.165) is 30.1 Å². The molecule has 0 spiro atoms. The molecule has 1 atom stereocenters. The van der Waals surface area contributed by atoms with Crippen molar-refractivity contribution in [2.45, 2.75) is 32.6 Å². The second-order valence-electron chi connectivity index (χ2n) is 6.48. The van der Waals surface area contributed by atoms with E-state index < -0.39 is 11.4 Å². The summed E-state index contributed by atoms with van der Waals surface area (Å²) < 4.78 is 5.82. The average Bonchev–Trinajstić information content (AvgIpc) is 2.32. The van der Waals surface area contributed by atoms with E-state index in [0.29, 0.717) is 12.4 Å². The minimum absolute atomic E-state index is 0.0731. The zero-order valence-corrected chi connectivity index (χ0v) is 14.3. The summed E-state index contributed by atoms with van der Waals surface area (Å²) in [5, 5.41) is 10.1. The second-order valence-corrected chi connectivity index (χ2v) is 7.76. The van der Waals surface area contributed by atoms with Crippen molar-refractivity contribution in [3.8, 4) is 0 Å². The maximum Gasteiger partial charge on any atom is 0.330 e. The van der Waals surface area contributed by atoms with Crippen molar-refractivity contribution in [3.05, 3.63) is 12.7 Å². The van der Waals surface area contributed by atoms with Crippen LogP contribution < -0.4 is 0 Å². The molecule has 0 aromatic rings. The Morgan fingerprint density at radius 3 is 2.60 bits per heavy atom. The highest BCUT2D eigenvalue weighted by Crippen LogP contribution is 2.29. The molecule has 20 heavy (non-hydrogen) atoms. The van der Waals surface area contributed by atoms with Gasteiger partial charge in [-0.15, -0.1) is 11.8 Å². The van der Waals surface area contributed by atoms with E-state index in [1.54, 1.807) is 0 Å². The topological polar surface area (TPSA) is 46.5 Å². The molecule has 0 amide bonds. The molecule has 0 aliphatic heterocycles. The first-order valence-corrected chi connectivity index (χ1v) is 8.07. The van der Waals surface area contributed by atoms with E-state index in [1.165, 1.54) is 11.8 Å². The summed E-state index contributed by atoms with van der Waals surface area (Å²) >= 11 is 1.43. The Bertz CT molecular complexity index is 316. The molecule has 0 saturated carbocycles. The van der Waals surface area contributed by atoms with Gasteiger partial charge >= 0.3 is 5.97 Å². The number of aliphatic hydroxyl groups excluding tert-OH is 1. The van der Waals surface area contributed by atoms with Gasteiger partial charge in [-0.3, -0.25) is 0 Å². The maximum atomic E-state index is 10.9. The van der Waals surface area contributed by atoms with E-state index in [-0.39, 0.29) is 5.41 Å². The van der Waals surface area contributed by atoms with Crippen LogP contribution >= 0.6 is 11.8 Å². The number of thioether (sulfide) groups is 1. The molecule has 0 aromatic heterocycles. The van der Waals surface area contributed by atoms with E-state index >= 15 is 0 Å². The maximum absolute atomic E-state index is 10.9. The fourth-order valence-corrected chi connectivity index (χ4v) is 3.27. The highest BCUT2D eigenvalue weighted by atomic mass is 32.2. The van der Waals surface area contributed by atoms with Crippen LogP contribution in [0.3, 0.4) is 0 Å². The summed E-state index contributed by atoms with van der Waals surface area (Å²) in [4.78, 5) is 10.9. The number of carbonyl (C=O) groups is 1. The summed E-state index contributed by atoms with van der Waals surface area (Å²) in [6, 6.07) is 0. The van der Waals surface area contributed by atoms with Gasteiger partial charge in [-0.1, -0.05) is 20.4 Å². The van der Waals surface area contributed by atoms with Crippen molar-refractivity contribution in [1.82, 2.24) is 0 Å². The summed E-state index contributed by atoms with van der Waals surface area (Å²) in [5.41, 5.74) is -0.353. The Hall–Kier alpha value is -0.520. The fourth-order valence-electron chi connectivity index (χ4n) is 2.25. The predicted molar refractivity (Wildman–Crippen MR) is 85.5 cm³/mol. The van der Waals surface area contributed by atoms with Crippen LogP contribution in [0.15, 0.2) is 12.7 Å². The number of quaternary nitrogens is 1. The molecule has 0 aromatic carbocycles. The predicted octanol–water partition coefficient (Wildman–Crippen LogP) is 2.28. The molecule has 0 radical (unpaired) electrons. The molecule has 0 aliphatic rings. The largest absolute Gasteiger partial charge is 0.462 e. The van der Waals surface area contributed by atoms with Gasteiger partial charge in [0.1, 0.15) is 12.0 Å². The number of hydrogen-bond acceptors (Lipinski definition) is 4. The average molecular weight is 304 g/mol. The third-order valence-corrected chi connectivity index (χ3v) is 4.20. The van der Waals surface area contributed by atoms with Gasteiger partial charge in [-0.05, 0) is 13.3 Å². The summed E-state index contributed by atoms with van der Waals surface area (Å²) in [6.07, 6.45) is 1.88. The molecular weight excluding hydrogens is 274 g/mol. The van der Waals surface area contributed by atoms with Crippen LogP contribution in [0.4, 0.5) is 0 Å². The van der Waals surface area contributed by atoms with E-state index in [2.05, 4.69) is 41.4 Å². The fraction of sp³-hybridized carbons (Fsp3) is 0.800. The van der Waals surface area contributed by atoms with Gasteiger partial charge in [0.2, 0.25) is 0 Å². The Balaban J connectivity index is 4.02. The third-order valence-electron chi connectivity index (χ3n) is 3.24. The van der Waals surface area contributed by atoms with E-state index in [9.17, 15) is 9.90 Å². The first kappa shape index (κ1) is 19.5. The smallest absolute Gasteiger partial charge is 0.330 e. The highest BCUT2D eigenvalue weighted by molar-refractivity contribution is 7.99. The van der Waals surface area contributed by atoms with E-state index in [4.69, 9.17) is 4.74 Å². The molecule has 0 fully saturated rings. The Morgan fingerprint density at radius 2 is 2.10 bits per heavy atom. The minimum Gasteiger partial charge on any atom is -0.462 e. The zero-order valence-electron chi connectivity index (χ0n) is 13.5. The standard InChI is InChI=1S/C15H30NO3S/c1-7-13(17)19-9-10-20-14(18)11-15(3,4)12-16(5,6)8-2/h7,14,18H,1,8-12H2,2-6H3/q+1. The van der Waals surface area contributed by atoms with Crippen LogP contribution in [0.25, 0.3) is 0 Å². The Kier molecular flexibility index (Phi) is 8.47. The van der Waals surface area contributed by atoms with Gasteiger partial charge in [-0.2, -0.15) is 0 Å². The van der Waals surface area contributed by atoms with Crippen LogP contribution in [0.5, 0.6) is 0 Å². The molecule has 0 saturated heterocycles. The molecule has 1 unspecified atom stereocenters. The molecule has 0 bridgehead atoms. The molecule has 0 rings (SSSR count). The summed E-state index contributed by atoms with van der Waals surface area (Å²) in [5.74, 6) is 0.186. The monoisotopic (exact) mass is 304 g/mol. The third kappa shape index (κ3) is 9.39. The Morgan fingerprint density at radius 1 is 1.50 bits per heavy atom. The van der Waals surface area contributed by atoms with Crippen LogP contribution in [-0.4, -0.2) is 60.5 Å². The van der Waals surface area contributed by atoms with Crippen LogP contribution in [0.1, 0.15) is 27.2 Å². The summed E-state index contributed by atoms with van der Waals surface area (Å²) in [7, 11) is 4.41. The van der Waals surface area contributed by atoms with Gasteiger partial charge in [0.15, 0.2) is 0 Å². The van der Waals surface area contributed by atoms with E-state index in [1.807, 2.05) is 0 Å². The quantitative estimate of drug-likeness (QED) is 0.221. The van der Waals surface area contributed by atoms with Crippen molar-refractivity contribution >= 4 is 17.7 Å². The van der Waals surface area contributed by atoms with Crippen LogP contribution in [0, 0.1) is 5.41 Å². The van der Waals surface area contributed by atoms with Crippen molar-refractivity contribution in [3.63, 3.8) is 0 Å². The minimum atomic E-state index is -0.427. The SMILES string of the molecule is C=CC(=O)OCCSC(O)CC(C)(C)C[N+](C)(C)CC. The summed E-state index contributed by atoms with van der Waals surface area (Å²) in [6.45, 7) is 12.3. The number of nitrogens with zero attached hydrogens (tertiary/aromatic N) is 1. The first-order valence-electron chi connectivity index (χ1n) is 7.03. The van der Waals surface area contributed by atoms with Gasteiger partial charge in [-0.25, -0.2) is 4.79 Å². The molecular formula is C15H30NO3S+. The number of esters is 1. The van der Waals surface area contributed by atoms with Gasteiger partial charge in [0.05, 0.1) is 27.2 Å². The van der Waals surface area contributed by atoms with Gasteiger partial charge < -0.3 is 14.3 Å².